The van der Waals surface area contributed by atoms with Gasteiger partial charge in [-0.25, -0.2) is 9.78 Å². The second kappa shape index (κ2) is 9.29. The second-order valence-corrected chi connectivity index (χ2v) is 9.34. The van der Waals surface area contributed by atoms with E-state index in [4.69, 9.17) is 14.6 Å². The van der Waals surface area contributed by atoms with Crippen LogP contribution in [0.4, 0.5) is 0 Å². The molecule has 11 nitrogen and oxygen atoms in total. The molecule has 0 unspecified atom stereocenters. The van der Waals surface area contributed by atoms with E-state index in [1.54, 1.807) is 18.2 Å². The quantitative estimate of drug-likeness (QED) is 0.363. The van der Waals surface area contributed by atoms with Gasteiger partial charge in [-0.3, -0.25) is 9.79 Å². The van der Waals surface area contributed by atoms with Gasteiger partial charge in [0.25, 0.3) is 0 Å². The number of thioether (sulfide) groups is 1. The van der Waals surface area contributed by atoms with Gasteiger partial charge in [0.1, 0.15) is 40.2 Å². The third-order valence-corrected chi connectivity index (χ3v) is 7.19. The lowest BCUT2D eigenvalue weighted by Crippen LogP contribution is -2.65. The molecule has 0 aliphatic carbocycles. The van der Waals surface area contributed by atoms with Gasteiger partial charge >= 0.3 is 5.97 Å². The number of aromatic nitrogens is 1. The molecule has 172 valence electrons. The molecule has 1 fully saturated rings. The third kappa shape index (κ3) is 4.58. The summed E-state index contributed by atoms with van der Waals surface area (Å²) in [5.74, 6) is -0.701. The molecule has 2 aliphatic heterocycles. The molecule has 1 amide bonds. The van der Waals surface area contributed by atoms with Gasteiger partial charge in [-0.1, -0.05) is 0 Å². The Bertz CT molecular complexity index is 1060. The van der Waals surface area contributed by atoms with E-state index in [-0.39, 0.29) is 0 Å². The fourth-order valence-corrected chi connectivity index (χ4v) is 5.48. The first kappa shape index (κ1) is 22.9. The highest BCUT2D eigenvalue weighted by Gasteiger charge is 2.46. The maximum Gasteiger partial charge on any atom is 0.329 e. The smallest absolute Gasteiger partial charge is 0.329 e. The van der Waals surface area contributed by atoms with Crippen molar-refractivity contribution >= 4 is 50.2 Å². The molecule has 1 saturated heterocycles. The number of thiazole rings is 1. The number of aliphatic imine (C=N–C) groups is 1. The number of aliphatic carboxylic acids is 1. The van der Waals surface area contributed by atoms with Gasteiger partial charge in [0.15, 0.2) is 6.04 Å². The molecule has 5 N–H and O–H groups in total. The van der Waals surface area contributed by atoms with Gasteiger partial charge in [0, 0.05) is 12.7 Å². The summed E-state index contributed by atoms with van der Waals surface area (Å²) in [5.41, 5.74) is 0.672. The number of aliphatic hydroxyl groups is 3. The van der Waals surface area contributed by atoms with E-state index in [2.05, 4.69) is 15.3 Å². The summed E-state index contributed by atoms with van der Waals surface area (Å²) in [6, 6.07) is 3.20. The largest absolute Gasteiger partial charge is 0.480 e. The zero-order valence-corrected chi connectivity index (χ0v) is 18.4. The third-order valence-electron chi connectivity index (χ3n) is 4.98. The SMILES string of the molecule is CC(=O)N[C@H]1[C@@H](Oc2ccc3nc(C4=N[C@@H](C(=O)O)CS4)sc3c2)O[C@H](CO)[C@@H](O)[C@@H]1O. The van der Waals surface area contributed by atoms with Crippen molar-refractivity contribution in [2.24, 2.45) is 4.99 Å². The predicted molar refractivity (Wildman–Crippen MR) is 116 cm³/mol. The Balaban J connectivity index is 1.57. The van der Waals surface area contributed by atoms with Crippen molar-refractivity contribution in [3.8, 4) is 5.75 Å². The van der Waals surface area contributed by atoms with Crippen molar-refractivity contribution in [3.63, 3.8) is 0 Å². The number of carboxylic acids is 1. The molecule has 3 heterocycles. The average molecular weight is 484 g/mol. The summed E-state index contributed by atoms with van der Waals surface area (Å²) in [4.78, 5) is 31.4. The summed E-state index contributed by atoms with van der Waals surface area (Å²) in [5, 5.41) is 42.7. The van der Waals surface area contributed by atoms with Crippen molar-refractivity contribution in [1.82, 2.24) is 10.3 Å². The van der Waals surface area contributed by atoms with Crippen LogP contribution in [0.3, 0.4) is 0 Å². The van der Waals surface area contributed by atoms with Crippen LogP contribution < -0.4 is 10.1 Å². The molecule has 0 radical (unpaired) electrons. The number of carbonyl (C=O) groups excluding carboxylic acids is 1. The Kier molecular flexibility index (Phi) is 6.65. The number of hydrogen-bond acceptors (Lipinski definition) is 11. The van der Waals surface area contributed by atoms with Gasteiger partial charge < -0.3 is 35.2 Å². The Morgan fingerprint density at radius 1 is 1.31 bits per heavy atom. The van der Waals surface area contributed by atoms with Gasteiger partial charge in [0.2, 0.25) is 12.2 Å². The molecule has 0 spiro atoms. The van der Waals surface area contributed by atoms with Crippen LogP contribution in [0.2, 0.25) is 0 Å². The first-order chi connectivity index (χ1) is 15.3. The van der Waals surface area contributed by atoms with E-state index in [9.17, 15) is 24.9 Å². The van der Waals surface area contributed by atoms with Crippen LogP contribution in [0.15, 0.2) is 23.2 Å². The number of ether oxygens (including phenoxy) is 2. The standard InChI is InChI=1S/C19H21N3O8S2/c1-7(24)20-13-15(26)14(25)11(5-23)30-19(13)29-8-2-3-9-12(4-8)32-17(21-9)16-22-10(6-31-16)18(27)28/h2-4,10-11,13-15,19,23,25-26H,5-6H2,1H3,(H,20,24)(H,27,28)/t10-,11-,13-,14-,15-,19+/m1/s1. The second-order valence-electron chi connectivity index (χ2n) is 7.30. The zero-order valence-electron chi connectivity index (χ0n) is 16.7. The number of amides is 1. The topological polar surface area (TPSA) is 171 Å². The lowest BCUT2D eigenvalue weighted by molar-refractivity contribution is -0.244. The first-order valence-electron chi connectivity index (χ1n) is 9.67. The Morgan fingerprint density at radius 2 is 2.09 bits per heavy atom. The molecule has 13 heteroatoms. The van der Waals surface area contributed by atoms with E-state index in [1.165, 1.54) is 30.0 Å². The molecule has 4 rings (SSSR count). The minimum absolute atomic E-state index is 0.359. The molecular formula is C19H21N3O8S2. The average Bonchev–Trinajstić information content (AvgIpc) is 3.40. The summed E-state index contributed by atoms with van der Waals surface area (Å²) in [6.07, 6.45) is -5.06. The number of rotatable bonds is 6. The van der Waals surface area contributed by atoms with Crippen molar-refractivity contribution in [2.45, 2.75) is 43.6 Å². The number of carboxylic acid groups (broad SMARTS) is 1. The Morgan fingerprint density at radius 3 is 2.75 bits per heavy atom. The summed E-state index contributed by atoms with van der Waals surface area (Å²) >= 11 is 2.67. The number of nitrogens with zero attached hydrogens (tertiary/aromatic N) is 2. The summed E-state index contributed by atoms with van der Waals surface area (Å²) < 4.78 is 12.2. The number of fused-ring (bicyclic) bond motifs is 1. The van der Waals surface area contributed by atoms with E-state index < -0.39 is 55.2 Å². The van der Waals surface area contributed by atoms with Crippen LogP contribution in [-0.2, 0) is 14.3 Å². The van der Waals surface area contributed by atoms with Gasteiger partial charge in [0.05, 0.1) is 16.8 Å². The van der Waals surface area contributed by atoms with Gasteiger partial charge in [-0.2, -0.15) is 0 Å². The molecule has 1 aromatic carbocycles. The number of hydrogen-bond donors (Lipinski definition) is 5. The Hall–Kier alpha value is -2.29. The van der Waals surface area contributed by atoms with Crippen molar-refractivity contribution in [3.05, 3.63) is 23.2 Å². The minimum Gasteiger partial charge on any atom is -0.480 e. The summed E-state index contributed by atoms with van der Waals surface area (Å²) in [6.45, 7) is 0.719. The number of nitrogens with one attached hydrogen (secondary N) is 1. The van der Waals surface area contributed by atoms with Crippen LogP contribution >= 0.6 is 23.1 Å². The molecule has 6 atom stereocenters. The predicted octanol–water partition coefficient (Wildman–Crippen LogP) is -0.435. The minimum atomic E-state index is -1.41. The van der Waals surface area contributed by atoms with Crippen molar-refractivity contribution in [1.29, 1.82) is 0 Å². The number of carbonyl (C=O) groups is 2. The lowest BCUT2D eigenvalue weighted by Gasteiger charge is -2.42. The fourth-order valence-electron chi connectivity index (χ4n) is 3.39. The highest BCUT2D eigenvalue weighted by Crippen LogP contribution is 2.33. The Labute approximate surface area is 190 Å². The highest BCUT2D eigenvalue weighted by atomic mass is 32.2. The normalized spacial score (nSPS) is 30.2. The van der Waals surface area contributed by atoms with Crippen LogP contribution in [0.25, 0.3) is 10.2 Å². The first-order valence-corrected chi connectivity index (χ1v) is 11.5. The number of aliphatic hydroxyl groups excluding tert-OH is 3. The molecule has 1 aromatic heterocycles. The van der Waals surface area contributed by atoms with Crippen LogP contribution in [0.1, 0.15) is 11.9 Å². The lowest BCUT2D eigenvalue weighted by atomic mass is 9.97. The number of benzene rings is 1. The van der Waals surface area contributed by atoms with Crippen LogP contribution in [0.5, 0.6) is 5.75 Å². The molecular weight excluding hydrogens is 462 g/mol. The van der Waals surface area contributed by atoms with Crippen molar-refractivity contribution in [2.75, 3.05) is 12.4 Å². The maximum atomic E-state index is 11.6. The molecule has 2 aliphatic rings. The molecule has 2 aromatic rings. The molecule has 0 saturated carbocycles. The molecule has 0 bridgehead atoms. The van der Waals surface area contributed by atoms with E-state index in [0.717, 1.165) is 4.70 Å². The molecule has 32 heavy (non-hydrogen) atoms. The van der Waals surface area contributed by atoms with Gasteiger partial charge in [-0.05, 0) is 18.2 Å². The van der Waals surface area contributed by atoms with E-state index >= 15 is 0 Å². The maximum absolute atomic E-state index is 11.6. The monoisotopic (exact) mass is 483 g/mol. The van der Waals surface area contributed by atoms with Crippen LogP contribution in [0, 0.1) is 0 Å². The van der Waals surface area contributed by atoms with E-state index in [0.29, 0.717) is 27.1 Å². The van der Waals surface area contributed by atoms with Crippen molar-refractivity contribution < 1.29 is 39.5 Å². The van der Waals surface area contributed by atoms with E-state index in [1.807, 2.05) is 0 Å². The fraction of sp³-hybridized carbons (Fsp3) is 0.474. The highest BCUT2D eigenvalue weighted by molar-refractivity contribution is 8.15. The van der Waals surface area contributed by atoms with Gasteiger partial charge in [-0.15, -0.1) is 23.1 Å². The summed E-state index contributed by atoms with van der Waals surface area (Å²) in [7, 11) is 0. The zero-order chi connectivity index (χ0) is 23.0. The van der Waals surface area contributed by atoms with Crippen LogP contribution in [-0.4, -0.2) is 91.4 Å².